The Hall–Kier alpha value is -1.42. The Balaban J connectivity index is 1.69. The molecule has 0 aliphatic heterocycles. The van der Waals surface area contributed by atoms with E-state index in [0.717, 1.165) is 32.1 Å². The Morgan fingerprint density at radius 3 is 2.62 bits per heavy atom. The molecule has 1 saturated carbocycles. The summed E-state index contributed by atoms with van der Waals surface area (Å²) in [5, 5.41) is 18.9. The summed E-state index contributed by atoms with van der Waals surface area (Å²) in [7, 11) is 0. The first-order valence-electron chi connectivity index (χ1n) is 10.4. The van der Waals surface area contributed by atoms with Crippen molar-refractivity contribution in [2.24, 2.45) is 17.8 Å². The van der Waals surface area contributed by atoms with Gasteiger partial charge >= 0.3 is 5.97 Å². The number of carboxylic acid groups (broad SMARTS) is 1. The lowest BCUT2D eigenvalue weighted by molar-refractivity contribution is -0.137. The molecule has 0 saturated heterocycles. The van der Waals surface area contributed by atoms with E-state index in [0.29, 0.717) is 12.3 Å². The number of rotatable bonds is 11. The minimum Gasteiger partial charge on any atom is -0.481 e. The summed E-state index contributed by atoms with van der Waals surface area (Å²) in [6.45, 7) is 0. The summed E-state index contributed by atoms with van der Waals surface area (Å²) in [6, 6.07) is 0. The quantitative estimate of drug-likeness (QED) is 0.414. The van der Waals surface area contributed by atoms with E-state index in [-0.39, 0.29) is 24.0 Å². The summed E-state index contributed by atoms with van der Waals surface area (Å²) < 4.78 is 0. The molecule has 4 heteroatoms. The predicted molar refractivity (Wildman–Crippen MR) is 103 cm³/mol. The average molecular weight is 363 g/mol. The van der Waals surface area contributed by atoms with Crippen LogP contribution in [0.15, 0.2) is 24.3 Å². The van der Waals surface area contributed by atoms with Crippen molar-refractivity contribution < 1.29 is 19.8 Å². The summed E-state index contributed by atoms with van der Waals surface area (Å²) in [5.41, 5.74) is 0. The van der Waals surface area contributed by atoms with Crippen LogP contribution in [0.2, 0.25) is 0 Å². The fourth-order valence-corrected chi connectivity index (χ4v) is 4.28. The molecule has 2 aliphatic rings. The highest BCUT2D eigenvalue weighted by Crippen LogP contribution is 2.30. The van der Waals surface area contributed by atoms with E-state index < -0.39 is 12.1 Å². The van der Waals surface area contributed by atoms with Gasteiger partial charge in [-0.15, -0.1) is 0 Å². The highest BCUT2D eigenvalue weighted by molar-refractivity contribution is 5.94. The van der Waals surface area contributed by atoms with E-state index in [1.807, 2.05) is 18.2 Å². The lowest BCUT2D eigenvalue weighted by Crippen LogP contribution is -2.16. The summed E-state index contributed by atoms with van der Waals surface area (Å²) in [5.74, 6) is 0.185. The molecule has 1 fully saturated rings. The molecule has 0 amide bonds. The van der Waals surface area contributed by atoms with Crippen molar-refractivity contribution in [3.63, 3.8) is 0 Å². The first kappa shape index (κ1) is 20.9. The molecular weight excluding hydrogens is 328 g/mol. The van der Waals surface area contributed by atoms with Crippen molar-refractivity contribution in [3.05, 3.63) is 24.3 Å². The molecule has 0 heterocycles. The van der Waals surface area contributed by atoms with Crippen LogP contribution in [0, 0.1) is 17.8 Å². The largest absolute Gasteiger partial charge is 0.481 e. The molecule has 0 aromatic heterocycles. The number of aliphatic hydroxyl groups excluding tert-OH is 1. The third-order valence-corrected chi connectivity index (χ3v) is 5.82. The molecule has 146 valence electrons. The van der Waals surface area contributed by atoms with Gasteiger partial charge in [-0.2, -0.15) is 0 Å². The minimum atomic E-state index is -0.739. The third kappa shape index (κ3) is 7.45. The van der Waals surface area contributed by atoms with E-state index in [1.54, 1.807) is 6.08 Å². The van der Waals surface area contributed by atoms with Gasteiger partial charge in [0.15, 0.2) is 5.78 Å². The Bertz CT molecular complexity index is 502. The van der Waals surface area contributed by atoms with E-state index in [1.165, 1.54) is 32.1 Å². The summed E-state index contributed by atoms with van der Waals surface area (Å²) in [4.78, 5) is 22.6. The number of aliphatic hydroxyl groups is 1. The van der Waals surface area contributed by atoms with Gasteiger partial charge in [-0.1, -0.05) is 69.6 Å². The van der Waals surface area contributed by atoms with Crippen LogP contribution in [0.1, 0.15) is 77.0 Å². The van der Waals surface area contributed by atoms with Crippen LogP contribution in [-0.4, -0.2) is 28.1 Å². The smallest absolute Gasteiger partial charge is 0.303 e. The maximum Gasteiger partial charge on any atom is 0.303 e. The van der Waals surface area contributed by atoms with Crippen LogP contribution < -0.4 is 0 Å². The highest BCUT2D eigenvalue weighted by Gasteiger charge is 2.27. The fourth-order valence-electron chi connectivity index (χ4n) is 4.28. The predicted octanol–water partition coefficient (Wildman–Crippen LogP) is 4.67. The molecule has 0 radical (unpaired) electrons. The summed E-state index contributed by atoms with van der Waals surface area (Å²) in [6.07, 6.45) is 19.0. The molecule has 0 aromatic rings. The van der Waals surface area contributed by atoms with Crippen molar-refractivity contribution in [1.29, 1.82) is 0 Å². The van der Waals surface area contributed by atoms with Crippen LogP contribution in [-0.2, 0) is 9.59 Å². The maximum atomic E-state index is 12.1. The second-order valence-electron chi connectivity index (χ2n) is 7.98. The van der Waals surface area contributed by atoms with Gasteiger partial charge in [0.05, 0.1) is 6.10 Å². The first-order chi connectivity index (χ1) is 12.6. The number of carbonyl (C=O) groups is 2. The zero-order valence-corrected chi connectivity index (χ0v) is 15.8. The lowest BCUT2D eigenvalue weighted by Gasteiger charge is -2.23. The van der Waals surface area contributed by atoms with Crippen LogP contribution in [0.3, 0.4) is 0 Å². The van der Waals surface area contributed by atoms with Gasteiger partial charge in [0, 0.05) is 18.3 Å². The molecule has 2 N–H and O–H groups in total. The Labute approximate surface area is 157 Å². The van der Waals surface area contributed by atoms with Crippen molar-refractivity contribution in [2.45, 2.75) is 83.2 Å². The first-order valence-corrected chi connectivity index (χ1v) is 10.4. The number of hydrogen-bond acceptors (Lipinski definition) is 3. The van der Waals surface area contributed by atoms with Gasteiger partial charge in [-0.05, 0) is 31.3 Å². The number of aliphatic carboxylic acids is 1. The number of unbranched alkanes of at least 4 members (excludes halogenated alkanes) is 3. The van der Waals surface area contributed by atoms with Crippen LogP contribution in [0.5, 0.6) is 0 Å². The fraction of sp³-hybridized carbons (Fsp3) is 0.727. The van der Waals surface area contributed by atoms with Gasteiger partial charge in [0.1, 0.15) is 0 Å². The molecule has 4 nitrogen and oxygen atoms in total. The molecule has 0 spiro atoms. The molecule has 0 bridgehead atoms. The Morgan fingerprint density at radius 2 is 1.88 bits per heavy atom. The highest BCUT2D eigenvalue weighted by atomic mass is 16.4. The number of carbonyl (C=O) groups excluding carboxylic acids is 1. The van der Waals surface area contributed by atoms with E-state index in [4.69, 9.17) is 5.11 Å². The second-order valence-corrected chi connectivity index (χ2v) is 7.98. The van der Waals surface area contributed by atoms with E-state index >= 15 is 0 Å². The number of carboxylic acids is 1. The molecular formula is C22H34O4. The lowest BCUT2D eigenvalue weighted by atomic mass is 9.84. The molecule has 3 atom stereocenters. The number of ketones is 1. The zero-order valence-electron chi connectivity index (χ0n) is 15.8. The van der Waals surface area contributed by atoms with Crippen LogP contribution in [0.25, 0.3) is 0 Å². The van der Waals surface area contributed by atoms with E-state index in [9.17, 15) is 14.7 Å². The molecule has 0 aromatic carbocycles. The van der Waals surface area contributed by atoms with E-state index in [2.05, 4.69) is 0 Å². The van der Waals surface area contributed by atoms with Crippen LogP contribution >= 0.6 is 0 Å². The normalized spacial score (nSPS) is 25.2. The number of hydrogen-bond donors (Lipinski definition) is 2. The molecule has 26 heavy (non-hydrogen) atoms. The monoisotopic (exact) mass is 362 g/mol. The van der Waals surface area contributed by atoms with Crippen molar-refractivity contribution >= 4 is 11.8 Å². The SMILES string of the molecule is O=C(O)CCCCCC[C@H]1C(=O)C=C[C@@H]1/C=C/C(O)CC1CCCCC1. The average Bonchev–Trinajstić information content (AvgIpc) is 2.97. The Kier molecular flexibility index (Phi) is 9.10. The van der Waals surface area contributed by atoms with Crippen molar-refractivity contribution in [2.75, 3.05) is 0 Å². The molecule has 2 rings (SSSR count). The standard InChI is InChI=1S/C22H34O4/c23-19(16-17-8-4-3-5-9-17)14-12-18-13-15-21(24)20(18)10-6-1-2-7-11-22(25)26/h12-15,17-20,23H,1-11,16H2,(H,25,26)/b14-12+/t18-,19?,20+/m0/s1. The second kappa shape index (κ2) is 11.3. The molecule has 2 aliphatic carbocycles. The minimum absolute atomic E-state index is 0.00685. The number of allylic oxidation sites excluding steroid dienone is 3. The van der Waals surface area contributed by atoms with Gasteiger partial charge in [-0.25, -0.2) is 0 Å². The third-order valence-electron chi connectivity index (χ3n) is 5.82. The summed E-state index contributed by atoms with van der Waals surface area (Å²) >= 11 is 0. The van der Waals surface area contributed by atoms with Gasteiger partial charge < -0.3 is 10.2 Å². The topological polar surface area (TPSA) is 74.6 Å². The Morgan fingerprint density at radius 1 is 1.15 bits per heavy atom. The van der Waals surface area contributed by atoms with Crippen molar-refractivity contribution in [1.82, 2.24) is 0 Å². The van der Waals surface area contributed by atoms with Gasteiger partial charge in [0.25, 0.3) is 0 Å². The van der Waals surface area contributed by atoms with Crippen LogP contribution in [0.4, 0.5) is 0 Å². The molecule has 1 unspecified atom stereocenters. The zero-order chi connectivity index (χ0) is 18.8. The van der Waals surface area contributed by atoms with Gasteiger partial charge in [0.2, 0.25) is 0 Å². The van der Waals surface area contributed by atoms with Gasteiger partial charge in [-0.3, -0.25) is 9.59 Å². The maximum absolute atomic E-state index is 12.1. The van der Waals surface area contributed by atoms with Crippen molar-refractivity contribution in [3.8, 4) is 0 Å².